The van der Waals surface area contributed by atoms with Gasteiger partial charge in [-0.15, -0.1) is 0 Å². The second-order valence-electron chi connectivity index (χ2n) is 2.90. The average Bonchev–Trinajstić information content (AvgIpc) is 2.39. The second kappa shape index (κ2) is 2.17. The second-order valence-corrected chi connectivity index (χ2v) is 2.90. The fourth-order valence-electron chi connectivity index (χ4n) is 1.35. The molecule has 0 aliphatic carbocycles. The van der Waals surface area contributed by atoms with E-state index in [1.54, 1.807) is 6.07 Å². The van der Waals surface area contributed by atoms with E-state index >= 15 is 0 Å². The summed E-state index contributed by atoms with van der Waals surface area (Å²) in [6, 6.07) is 5.37. The van der Waals surface area contributed by atoms with E-state index in [0.717, 1.165) is 22.2 Å². The van der Waals surface area contributed by atoms with E-state index in [-0.39, 0.29) is 5.88 Å². The Hall–Kier alpha value is -1.64. The summed E-state index contributed by atoms with van der Waals surface area (Å²) < 4.78 is 0. The largest absolute Gasteiger partial charge is 0.495 e. The van der Waals surface area contributed by atoms with Gasteiger partial charge in [-0.2, -0.15) is 0 Å². The lowest BCUT2D eigenvalue weighted by Crippen LogP contribution is -1.88. The van der Waals surface area contributed by atoms with Gasteiger partial charge in [0, 0.05) is 22.7 Å². The molecule has 4 N–H and O–H groups in total. The van der Waals surface area contributed by atoms with Crippen molar-refractivity contribution in [3.8, 4) is 5.88 Å². The number of aromatic hydroxyl groups is 1. The van der Waals surface area contributed by atoms with Gasteiger partial charge in [0.05, 0.1) is 0 Å². The third-order valence-electron chi connectivity index (χ3n) is 2.10. The molecule has 0 saturated carbocycles. The molecule has 0 unspecified atom stereocenters. The van der Waals surface area contributed by atoms with Crippen LogP contribution in [0, 0.1) is 6.92 Å². The molecule has 0 aliphatic rings. The summed E-state index contributed by atoms with van der Waals surface area (Å²) in [6.45, 7) is 1.94. The molecular weight excluding hydrogens is 152 g/mol. The van der Waals surface area contributed by atoms with Crippen LogP contribution < -0.4 is 5.73 Å². The Labute approximate surface area is 69.8 Å². The van der Waals surface area contributed by atoms with Crippen molar-refractivity contribution in [2.45, 2.75) is 6.92 Å². The van der Waals surface area contributed by atoms with Crippen molar-refractivity contribution in [1.29, 1.82) is 0 Å². The summed E-state index contributed by atoms with van der Waals surface area (Å²) in [5.74, 6) is 0.179. The molecule has 0 spiro atoms. The highest BCUT2D eigenvalue weighted by Gasteiger charge is 2.03. The normalized spacial score (nSPS) is 10.8. The van der Waals surface area contributed by atoms with Crippen LogP contribution >= 0.6 is 0 Å². The number of rotatable bonds is 0. The molecule has 62 valence electrons. The summed E-state index contributed by atoms with van der Waals surface area (Å²) in [4.78, 5) is 2.83. The molecule has 0 radical (unpaired) electrons. The lowest BCUT2D eigenvalue weighted by molar-refractivity contribution is 0.458. The molecule has 1 aromatic carbocycles. The van der Waals surface area contributed by atoms with Gasteiger partial charge in [0.25, 0.3) is 0 Å². The highest BCUT2D eigenvalue weighted by Crippen LogP contribution is 2.26. The number of nitrogen functional groups attached to an aromatic ring is 1. The number of hydrogen-bond donors (Lipinski definition) is 3. The fraction of sp³-hybridized carbons (Fsp3) is 0.111. The van der Waals surface area contributed by atoms with Crippen molar-refractivity contribution in [3.05, 3.63) is 23.8 Å². The van der Waals surface area contributed by atoms with Gasteiger partial charge in [-0.3, -0.25) is 0 Å². The van der Waals surface area contributed by atoms with Crippen LogP contribution in [-0.4, -0.2) is 10.1 Å². The van der Waals surface area contributed by atoms with Crippen molar-refractivity contribution in [2.75, 3.05) is 5.73 Å². The zero-order valence-corrected chi connectivity index (χ0v) is 6.76. The first-order valence-electron chi connectivity index (χ1n) is 3.75. The maximum absolute atomic E-state index is 9.18. The van der Waals surface area contributed by atoms with Gasteiger partial charge in [0.1, 0.15) is 0 Å². The van der Waals surface area contributed by atoms with E-state index in [1.165, 1.54) is 0 Å². The molecule has 0 aliphatic heterocycles. The molecule has 3 nitrogen and oxygen atoms in total. The van der Waals surface area contributed by atoms with Crippen LogP contribution in [0.3, 0.4) is 0 Å². The van der Waals surface area contributed by atoms with Gasteiger partial charge in [0.15, 0.2) is 5.88 Å². The van der Waals surface area contributed by atoms with Crippen molar-refractivity contribution in [2.24, 2.45) is 0 Å². The SMILES string of the molecule is Cc1c(N)ccc2[nH]c(O)cc12. The Balaban J connectivity index is 2.89. The molecule has 3 heteroatoms. The number of nitrogens with one attached hydrogen (secondary N) is 1. The number of aromatic nitrogens is 1. The molecule has 1 aromatic heterocycles. The van der Waals surface area contributed by atoms with Crippen molar-refractivity contribution in [3.63, 3.8) is 0 Å². The number of fused-ring (bicyclic) bond motifs is 1. The van der Waals surface area contributed by atoms with Crippen LogP contribution in [0.25, 0.3) is 10.9 Å². The molecule has 0 bridgehead atoms. The first-order valence-corrected chi connectivity index (χ1v) is 3.75. The Kier molecular flexibility index (Phi) is 1.27. The zero-order chi connectivity index (χ0) is 8.72. The Morgan fingerprint density at radius 2 is 2.17 bits per heavy atom. The Bertz CT molecular complexity index is 431. The topological polar surface area (TPSA) is 62.0 Å². The molecule has 1 heterocycles. The Morgan fingerprint density at radius 1 is 1.42 bits per heavy atom. The minimum absolute atomic E-state index is 0.179. The number of aryl methyl sites for hydroxylation is 1. The van der Waals surface area contributed by atoms with E-state index in [4.69, 9.17) is 5.73 Å². The van der Waals surface area contributed by atoms with E-state index in [9.17, 15) is 5.11 Å². The van der Waals surface area contributed by atoms with Gasteiger partial charge in [-0.05, 0) is 24.6 Å². The number of aromatic amines is 1. The molecule has 0 fully saturated rings. The summed E-state index contributed by atoms with van der Waals surface area (Å²) >= 11 is 0. The van der Waals surface area contributed by atoms with Crippen LogP contribution in [0.4, 0.5) is 5.69 Å². The zero-order valence-electron chi connectivity index (χ0n) is 6.76. The third kappa shape index (κ3) is 0.830. The van der Waals surface area contributed by atoms with E-state index < -0.39 is 0 Å². The van der Waals surface area contributed by atoms with Crippen molar-refractivity contribution < 1.29 is 5.11 Å². The average molecular weight is 162 g/mol. The predicted molar refractivity (Wildman–Crippen MR) is 49.1 cm³/mol. The number of nitrogens with two attached hydrogens (primary N) is 1. The van der Waals surface area contributed by atoms with Crippen molar-refractivity contribution in [1.82, 2.24) is 4.98 Å². The quantitative estimate of drug-likeness (QED) is 0.517. The maximum atomic E-state index is 9.18. The number of hydrogen-bond acceptors (Lipinski definition) is 2. The number of anilines is 1. The van der Waals surface area contributed by atoms with Gasteiger partial charge in [-0.1, -0.05) is 0 Å². The van der Waals surface area contributed by atoms with Crippen LogP contribution in [0.2, 0.25) is 0 Å². The number of H-pyrrole nitrogens is 1. The van der Waals surface area contributed by atoms with Crippen LogP contribution in [0.15, 0.2) is 18.2 Å². The standard InChI is InChI=1S/C9H10N2O/c1-5-6-4-9(12)11-8(6)3-2-7(5)10/h2-4,11-12H,10H2,1H3. The van der Waals surface area contributed by atoms with Crippen LogP contribution in [0.1, 0.15) is 5.56 Å². The predicted octanol–water partition coefficient (Wildman–Crippen LogP) is 1.76. The van der Waals surface area contributed by atoms with E-state index in [2.05, 4.69) is 4.98 Å². The smallest absolute Gasteiger partial charge is 0.189 e. The monoisotopic (exact) mass is 162 g/mol. The highest BCUT2D eigenvalue weighted by molar-refractivity contribution is 5.88. The molecule has 0 atom stereocenters. The molecule has 0 saturated heterocycles. The minimum atomic E-state index is 0.179. The maximum Gasteiger partial charge on any atom is 0.189 e. The van der Waals surface area contributed by atoms with E-state index in [1.807, 2.05) is 19.1 Å². The highest BCUT2D eigenvalue weighted by atomic mass is 16.3. The summed E-state index contributed by atoms with van der Waals surface area (Å²) in [5.41, 5.74) is 8.37. The fourth-order valence-corrected chi connectivity index (χ4v) is 1.35. The summed E-state index contributed by atoms with van der Waals surface area (Å²) in [5, 5.41) is 10.2. The molecule has 2 aromatic rings. The summed E-state index contributed by atoms with van der Waals surface area (Å²) in [7, 11) is 0. The minimum Gasteiger partial charge on any atom is -0.495 e. The first-order chi connectivity index (χ1) is 5.68. The van der Waals surface area contributed by atoms with Gasteiger partial charge >= 0.3 is 0 Å². The lowest BCUT2D eigenvalue weighted by atomic mass is 10.1. The molecule has 0 amide bonds. The lowest BCUT2D eigenvalue weighted by Gasteiger charge is -1.99. The number of benzene rings is 1. The Morgan fingerprint density at radius 3 is 2.92 bits per heavy atom. The summed E-state index contributed by atoms with van der Waals surface area (Å²) in [6.07, 6.45) is 0. The van der Waals surface area contributed by atoms with Gasteiger partial charge in [-0.25, -0.2) is 0 Å². The van der Waals surface area contributed by atoms with Crippen molar-refractivity contribution >= 4 is 16.6 Å². The molecule has 12 heavy (non-hydrogen) atoms. The van der Waals surface area contributed by atoms with Crippen LogP contribution in [0.5, 0.6) is 5.88 Å². The first kappa shape index (κ1) is 7.03. The van der Waals surface area contributed by atoms with E-state index in [0.29, 0.717) is 0 Å². The van der Waals surface area contributed by atoms with Crippen LogP contribution in [-0.2, 0) is 0 Å². The third-order valence-corrected chi connectivity index (χ3v) is 2.10. The van der Waals surface area contributed by atoms with Gasteiger partial charge in [0.2, 0.25) is 0 Å². The van der Waals surface area contributed by atoms with Gasteiger partial charge < -0.3 is 15.8 Å². The molecule has 2 rings (SSSR count). The molecular formula is C9H10N2O.